The molecule has 3 aromatic rings. The summed E-state index contributed by atoms with van der Waals surface area (Å²) in [4.78, 5) is 9.70. The van der Waals surface area contributed by atoms with Crippen LogP contribution >= 0.6 is 0 Å². The van der Waals surface area contributed by atoms with Gasteiger partial charge in [0.05, 0.1) is 19.4 Å². The molecule has 0 N–H and O–H groups in total. The van der Waals surface area contributed by atoms with Crippen LogP contribution in [-0.2, 0) is 4.74 Å². The van der Waals surface area contributed by atoms with Crippen LogP contribution in [0.1, 0.15) is 11.4 Å². The highest BCUT2D eigenvalue weighted by molar-refractivity contribution is 5.81. The summed E-state index contributed by atoms with van der Waals surface area (Å²) in [6.07, 6.45) is 0. The molecular weight excluding hydrogens is 366 g/mol. The highest BCUT2D eigenvalue weighted by Gasteiger charge is 2.22. The monoisotopic (exact) mass is 395 g/mol. The molecule has 4 rings (SSSR count). The molecule has 154 valence electrons. The van der Waals surface area contributed by atoms with Crippen molar-refractivity contribution in [2.75, 3.05) is 58.5 Å². The van der Waals surface area contributed by atoms with Crippen molar-refractivity contribution < 1.29 is 9.47 Å². The molecule has 1 aromatic carbocycles. The summed E-state index contributed by atoms with van der Waals surface area (Å²) in [5, 5.41) is 4.86. The van der Waals surface area contributed by atoms with Gasteiger partial charge in [-0.15, -0.1) is 0 Å². The van der Waals surface area contributed by atoms with E-state index in [0.717, 1.165) is 79.1 Å². The highest BCUT2D eigenvalue weighted by atomic mass is 16.5. The van der Waals surface area contributed by atoms with Crippen molar-refractivity contribution in [1.82, 2.24) is 19.5 Å². The van der Waals surface area contributed by atoms with E-state index in [9.17, 15) is 0 Å². The van der Waals surface area contributed by atoms with E-state index in [2.05, 4.69) is 41.8 Å². The first-order chi connectivity index (χ1) is 14.1. The van der Waals surface area contributed by atoms with E-state index in [1.165, 1.54) is 0 Å². The van der Waals surface area contributed by atoms with Gasteiger partial charge < -0.3 is 14.4 Å². The Morgan fingerprint density at radius 2 is 1.72 bits per heavy atom. The lowest BCUT2D eigenvalue weighted by Crippen LogP contribution is -2.47. The molecule has 0 aliphatic carbocycles. The molecule has 0 bridgehead atoms. The Morgan fingerprint density at radius 1 is 1.00 bits per heavy atom. The minimum atomic E-state index is 0.780. The number of piperazine rings is 1. The van der Waals surface area contributed by atoms with Gasteiger partial charge in [-0.05, 0) is 31.5 Å². The van der Waals surface area contributed by atoms with Crippen molar-refractivity contribution in [3.8, 4) is 16.9 Å². The zero-order chi connectivity index (χ0) is 20.4. The number of nitrogens with zero attached hydrogens (tertiary/aromatic N) is 5. The van der Waals surface area contributed by atoms with Crippen molar-refractivity contribution in [2.24, 2.45) is 0 Å². The third-order valence-electron chi connectivity index (χ3n) is 5.56. The second-order valence-electron chi connectivity index (χ2n) is 7.50. The van der Waals surface area contributed by atoms with Crippen LogP contribution < -0.4 is 9.64 Å². The third-order valence-corrected chi connectivity index (χ3v) is 5.56. The van der Waals surface area contributed by atoms with Crippen LogP contribution in [0.2, 0.25) is 0 Å². The molecule has 0 unspecified atom stereocenters. The van der Waals surface area contributed by atoms with Crippen LogP contribution in [0.25, 0.3) is 16.8 Å². The molecule has 0 saturated carbocycles. The summed E-state index contributed by atoms with van der Waals surface area (Å²) in [7, 11) is 3.44. The van der Waals surface area contributed by atoms with Gasteiger partial charge in [-0.1, -0.05) is 12.1 Å². The number of aromatic nitrogens is 3. The van der Waals surface area contributed by atoms with Crippen LogP contribution in [0, 0.1) is 13.8 Å². The summed E-state index contributed by atoms with van der Waals surface area (Å²) >= 11 is 0. The Morgan fingerprint density at radius 3 is 2.38 bits per heavy atom. The van der Waals surface area contributed by atoms with Crippen LogP contribution in [-0.4, -0.2) is 73.0 Å². The van der Waals surface area contributed by atoms with Gasteiger partial charge in [-0.2, -0.15) is 9.61 Å². The first-order valence-electron chi connectivity index (χ1n) is 10.1. The highest BCUT2D eigenvalue weighted by Crippen LogP contribution is 2.31. The van der Waals surface area contributed by atoms with E-state index >= 15 is 0 Å². The second kappa shape index (κ2) is 8.39. The van der Waals surface area contributed by atoms with Crippen LogP contribution in [0.3, 0.4) is 0 Å². The zero-order valence-electron chi connectivity index (χ0n) is 17.7. The van der Waals surface area contributed by atoms with E-state index in [0.29, 0.717) is 0 Å². The number of anilines is 1. The number of ether oxygens (including phenoxy) is 2. The molecule has 2 aromatic heterocycles. The van der Waals surface area contributed by atoms with Gasteiger partial charge in [0.15, 0.2) is 5.65 Å². The quantitative estimate of drug-likeness (QED) is 0.640. The van der Waals surface area contributed by atoms with E-state index in [-0.39, 0.29) is 0 Å². The number of hydrogen-bond acceptors (Lipinski definition) is 6. The first-order valence-corrected chi connectivity index (χ1v) is 10.1. The first kappa shape index (κ1) is 19.7. The normalized spacial score (nSPS) is 15.2. The number of benzene rings is 1. The molecule has 0 radical (unpaired) electrons. The van der Waals surface area contributed by atoms with Gasteiger partial charge in [0, 0.05) is 57.2 Å². The van der Waals surface area contributed by atoms with Crippen molar-refractivity contribution in [3.63, 3.8) is 0 Å². The van der Waals surface area contributed by atoms with Gasteiger partial charge in [0.25, 0.3) is 0 Å². The van der Waals surface area contributed by atoms with Crippen molar-refractivity contribution in [1.29, 1.82) is 0 Å². The topological polar surface area (TPSA) is 55.1 Å². The SMILES string of the molecule is COCCN1CCN(c2cc(C)nc3c(-c4ccc(OC)cc4)c(C)nn23)CC1. The van der Waals surface area contributed by atoms with Crippen molar-refractivity contribution in [2.45, 2.75) is 13.8 Å². The molecule has 3 heterocycles. The van der Waals surface area contributed by atoms with Crippen LogP contribution in [0.5, 0.6) is 5.75 Å². The van der Waals surface area contributed by atoms with E-state index in [4.69, 9.17) is 19.6 Å². The predicted molar refractivity (Wildman–Crippen MR) is 115 cm³/mol. The Hall–Kier alpha value is -2.64. The molecule has 7 nitrogen and oxygen atoms in total. The minimum absolute atomic E-state index is 0.780. The molecule has 0 spiro atoms. The summed E-state index contributed by atoms with van der Waals surface area (Å²) in [6, 6.07) is 10.2. The largest absolute Gasteiger partial charge is 0.497 e. The smallest absolute Gasteiger partial charge is 0.165 e. The lowest BCUT2D eigenvalue weighted by Gasteiger charge is -2.35. The summed E-state index contributed by atoms with van der Waals surface area (Å²) < 4.78 is 12.5. The standard InChI is InChI=1S/C22H29N5O2/c1-16-15-20(26-11-9-25(10-12-26)13-14-28-3)27-22(23-16)21(17(2)24-27)18-5-7-19(29-4)8-6-18/h5-8,15H,9-14H2,1-4H3. The lowest BCUT2D eigenvalue weighted by molar-refractivity contribution is 0.144. The molecule has 7 heteroatoms. The van der Waals surface area contributed by atoms with Gasteiger partial charge in [0.1, 0.15) is 11.6 Å². The number of rotatable bonds is 6. The number of fused-ring (bicyclic) bond motifs is 1. The van der Waals surface area contributed by atoms with E-state index < -0.39 is 0 Å². The Kier molecular flexibility index (Phi) is 5.69. The molecule has 29 heavy (non-hydrogen) atoms. The molecule has 1 saturated heterocycles. The number of methoxy groups -OCH3 is 2. The fourth-order valence-corrected chi connectivity index (χ4v) is 3.97. The predicted octanol–water partition coefficient (Wildman–Crippen LogP) is 2.79. The maximum Gasteiger partial charge on any atom is 0.165 e. The fraction of sp³-hybridized carbons (Fsp3) is 0.455. The van der Waals surface area contributed by atoms with E-state index in [1.807, 2.05) is 16.6 Å². The maximum absolute atomic E-state index is 5.30. The molecule has 0 atom stereocenters. The maximum atomic E-state index is 5.30. The van der Waals surface area contributed by atoms with Gasteiger partial charge in [0.2, 0.25) is 0 Å². The average molecular weight is 396 g/mol. The van der Waals surface area contributed by atoms with Crippen LogP contribution in [0.15, 0.2) is 30.3 Å². The second-order valence-corrected chi connectivity index (χ2v) is 7.50. The third kappa shape index (κ3) is 3.93. The number of hydrogen-bond donors (Lipinski definition) is 0. The fourth-order valence-electron chi connectivity index (χ4n) is 3.97. The molecule has 1 aliphatic heterocycles. The Labute approximate surface area is 171 Å². The zero-order valence-corrected chi connectivity index (χ0v) is 17.7. The lowest BCUT2D eigenvalue weighted by atomic mass is 10.1. The molecular formula is C22H29N5O2. The molecule has 0 amide bonds. The van der Waals surface area contributed by atoms with Gasteiger partial charge >= 0.3 is 0 Å². The average Bonchev–Trinajstić information content (AvgIpc) is 3.07. The Balaban J connectivity index is 1.68. The van der Waals surface area contributed by atoms with Crippen molar-refractivity contribution >= 4 is 11.5 Å². The summed E-state index contributed by atoms with van der Waals surface area (Å²) in [6.45, 7) is 9.86. The van der Waals surface area contributed by atoms with Gasteiger partial charge in [-0.3, -0.25) is 4.90 Å². The van der Waals surface area contributed by atoms with Crippen LogP contribution in [0.4, 0.5) is 5.82 Å². The molecule has 1 aliphatic rings. The van der Waals surface area contributed by atoms with E-state index in [1.54, 1.807) is 14.2 Å². The summed E-state index contributed by atoms with van der Waals surface area (Å²) in [5.41, 5.74) is 5.07. The summed E-state index contributed by atoms with van der Waals surface area (Å²) in [5.74, 6) is 1.96. The molecule has 1 fully saturated rings. The van der Waals surface area contributed by atoms with Crippen molar-refractivity contribution in [3.05, 3.63) is 41.7 Å². The minimum Gasteiger partial charge on any atom is -0.497 e. The van der Waals surface area contributed by atoms with Gasteiger partial charge in [-0.25, -0.2) is 4.98 Å². The Bertz CT molecular complexity index is 975. The number of aryl methyl sites for hydroxylation is 2.